The minimum atomic E-state index is -0.295. The van der Waals surface area contributed by atoms with Crippen molar-refractivity contribution < 1.29 is 4.92 Å². The van der Waals surface area contributed by atoms with E-state index in [1.807, 2.05) is 25.1 Å². The third-order valence-corrected chi connectivity index (χ3v) is 3.09. The van der Waals surface area contributed by atoms with Crippen LogP contribution < -0.4 is 0 Å². The average molecular weight is 229 g/mol. The van der Waals surface area contributed by atoms with Crippen LogP contribution in [-0.4, -0.2) is 4.92 Å². The van der Waals surface area contributed by atoms with Gasteiger partial charge in [0.05, 0.1) is 4.92 Å². The number of aryl methyl sites for hydroxylation is 2. The zero-order valence-corrected chi connectivity index (χ0v) is 10.1. The van der Waals surface area contributed by atoms with E-state index in [-0.39, 0.29) is 10.6 Å². The quantitative estimate of drug-likeness (QED) is 0.592. The molecule has 0 N–H and O–H groups in total. The number of hydrogen-bond donors (Lipinski definition) is 0. The Kier molecular flexibility index (Phi) is 3.09. The summed E-state index contributed by atoms with van der Waals surface area (Å²) in [5.74, 6) is 0. The molecule has 3 heteroatoms. The van der Waals surface area contributed by atoms with E-state index >= 15 is 0 Å². The lowest BCUT2D eigenvalue weighted by molar-refractivity contribution is -0.385. The van der Waals surface area contributed by atoms with Gasteiger partial charge < -0.3 is 0 Å². The van der Waals surface area contributed by atoms with E-state index in [9.17, 15) is 10.1 Å². The van der Waals surface area contributed by atoms with Gasteiger partial charge in [-0.2, -0.15) is 0 Å². The first-order valence-corrected chi connectivity index (χ1v) is 5.85. The van der Waals surface area contributed by atoms with Gasteiger partial charge in [0.2, 0.25) is 0 Å². The van der Waals surface area contributed by atoms with E-state index in [1.165, 1.54) is 5.56 Å². The van der Waals surface area contributed by atoms with Crippen molar-refractivity contribution in [2.24, 2.45) is 0 Å². The number of hydrogen-bond acceptors (Lipinski definition) is 2. The fourth-order valence-electron chi connectivity index (χ4n) is 2.06. The van der Waals surface area contributed by atoms with Gasteiger partial charge in [-0.3, -0.25) is 10.1 Å². The van der Waals surface area contributed by atoms with Crippen LogP contribution in [0.3, 0.4) is 0 Å². The Morgan fingerprint density at radius 1 is 1.06 bits per heavy atom. The zero-order valence-electron chi connectivity index (χ0n) is 10.1. The first-order chi connectivity index (χ1) is 8.15. The number of nitro benzene ring substituents is 1. The standard InChI is InChI=1S/C14H15NO2/c1-3-10-5-6-12-8-11(4-2)14(15(16)17)9-13(12)7-10/h5-9H,3-4H2,1-2H3. The molecule has 3 nitrogen and oxygen atoms in total. The van der Waals surface area contributed by atoms with Crippen molar-refractivity contribution in [3.8, 4) is 0 Å². The molecule has 0 saturated heterocycles. The van der Waals surface area contributed by atoms with Gasteiger partial charge in [0, 0.05) is 11.6 Å². The molecular formula is C14H15NO2. The first kappa shape index (κ1) is 11.6. The van der Waals surface area contributed by atoms with Crippen molar-refractivity contribution in [1.29, 1.82) is 0 Å². The molecule has 0 atom stereocenters. The molecule has 0 aromatic heterocycles. The van der Waals surface area contributed by atoms with Gasteiger partial charge in [-0.05, 0) is 35.2 Å². The summed E-state index contributed by atoms with van der Waals surface area (Å²) >= 11 is 0. The van der Waals surface area contributed by atoms with Crippen LogP contribution in [0.5, 0.6) is 0 Å². The summed E-state index contributed by atoms with van der Waals surface area (Å²) in [4.78, 5) is 10.7. The van der Waals surface area contributed by atoms with Crippen LogP contribution in [0.15, 0.2) is 30.3 Å². The van der Waals surface area contributed by atoms with Gasteiger partial charge in [0.25, 0.3) is 5.69 Å². The van der Waals surface area contributed by atoms with E-state index in [1.54, 1.807) is 6.07 Å². The van der Waals surface area contributed by atoms with Gasteiger partial charge in [0.15, 0.2) is 0 Å². The van der Waals surface area contributed by atoms with Crippen LogP contribution in [0.4, 0.5) is 5.69 Å². The fraction of sp³-hybridized carbons (Fsp3) is 0.286. The van der Waals surface area contributed by atoms with Crippen molar-refractivity contribution >= 4 is 16.5 Å². The minimum absolute atomic E-state index is 0.230. The maximum atomic E-state index is 11.0. The second-order valence-corrected chi connectivity index (χ2v) is 4.13. The summed E-state index contributed by atoms with van der Waals surface area (Å²) in [5.41, 5.74) is 2.23. The predicted molar refractivity (Wildman–Crippen MR) is 69.4 cm³/mol. The summed E-state index contributed by atoms with van der Waals surface area (Å²) < 4.78 is 0. The Morgan fingerprint density at radius 2 is 1.82 bits per heavy atom. The van der Waals surface area contributed by atoms with Crippen molar-refractivity contribution in [2.45, 2.75) is 26.7 Å². The summed E-state index contributed by atoms with van der Waals surface area (Å²) in [7, 11) is 0. The molecule has 2 aromatic carbocycles. The third-order valence-electron chi connectivity index (χ3n) is 3.09. The molecule has 0 radical (unpaired) electrons. The highest BCUT2D eigenvalue weighted by molar-refractivity contribution is 5.86. The molecule has 0 aliphatic rings. The van der Waals surface area contributed by atoms with Gasteiger partial charge in [-0.1, -0.05) is 32.0 Å². The lowest BCUT2D eigenvalue weighted by atomic mass is 10.0. The average Bonchev–Trinajstić information content (AvgIpc) is 2.36. The lowest BCUT2D eigenvalue weighted by Crippen LogP contribution is -1.94. The molecule has 17 heavy (non-hydrogen) atoms. The van der Waals surface area contributed by atoms with Crippen LogP contribution >= 0.6 is 0 Å². The van der Waals surface area contributed by atoms with E-state index < -0.39 is 0 Å². The second kappa shape index (κ2) is 4.53. The normalized spacial score (nSPS) is 10.7. The molecule has 2 aromatic rings. The van der Waals surface area contributed by atoms with Crippen molar-refractivity contribution in [1.82, 2.24) is 0 Å². The number of nitrogens with zero attached hydrogens (tertiary/aromatic N) is 1. The molecule has 0 unspecified atom stereocenters. The molecule has 0 heterocycles. The van der Waals surface area contributed by atoms with Crippen LogP contribution in [0, 0.1) is 10.1 Å². The van der Waals surface area contributed by atoms with Crippen molar-refractivity contribution in [3.63, 3.8) is 0 Å². The molecule has 88 valence electrons. The monoisotopic (exact) mass is 229 g/mol. The van der Waals surface area contributed by atoms with E-state index in [0.717, 1.165) is 22.8 Å². The Labute approximate surface area is 100 Å². The Balaban J connectivity index is 2.69. The summed E-state index contributed by atoms with van der Waals surface area (Å²) in [5, 5.41) is 13.0. The molecule has 0 fully saturated rings. The maximum absolute atomic E-state index is 11.0. The summed E-state index contributed by atoms with van der Waals surface area (Å²) in [6.45, 7) is 4.02. The van der Waals surface area contributed by atoms with E-state index in [0.29, 0.717) is 6.42 Å². The number of fused-ring (bicyclic) bond motifs is 1. The number of nitro groups is 1. The van der Waals surface area contributed by atoms with Gasteiger partial charge in [-0.15, -0.1) is 0 Å². The maximum Gasteiger partial charge on any atom is 0.273 e. The number of benzene rings is 2. The van der Waals surface area contributed by atoms with E-state index in [2.05, 4.69) is 13.0 Å². The second-order valence-electron chi connectivity index (χ2n) is 4.13. The lowest BCUT2D eigenvalue weighted by Gasteiger charge is -2.05. The van der Waals surface area contributed by atoms with Crippen molar-refractivity contribution in [2.75, 3.05) is 0 Å². The minimum Gasteiger partial charge on any atom is -0.258 e. The van der Waals surface area contributed by atoms with Gasteiger partial charge in [0.1, 0.15) is 0 Å². The zero-order chi connectivity index (χ0) is 12.4. The van der Waals surface area contributed by atoms with E-state index in [4.69, 9.17) is 0 Å². The Morgan fingerprint density at radius 3 is 2.41 bits per heavy atom. The van der Waals surface area contributed by atoms with Crippen LogP contribution in [-0.2, 0) is 12.8 Å². The first-order valence-electron chi connectivity index (χ1n) is 5.85. The molecule has 0 aliphatic carbocycles. The highest BCUT2D eigenvalue weighted by Gasteiger charge is 2.13. The molecule has 0 saturated carbocycles. The topological polar surface area (TPSA) is 43.1 Å². The SMILES string of the molecule is CCc1ccc2cc(CC)c([N+](=O)[O-])cc2c1. The molecular weight excluding hydrogens is 214 g/mol. The molecule has 0 amide bonds. The highest BCUT2D eigenvalue weighted by atomic mass is 16.6. The molecule has 0 aliphatic heterocycles. The molecule has 0 bridgehead atoms. The largest absolute Gasteiger partial charge is 0.273 e. The van der Waals surface area contributed by atoms with Crippen LogP contribution in [0.25, 0.3) is 10.8 Å². The Bertz CT molecular complexity index is 576. The summed E-state index contributed by atoms with van der Waals surface area (Å²) in [6.07, 6.45) is 1.63. The van der Waals surface area contributed by atoms with Gasteiger partial charge >= 0.3 is 0 Å². The fourth-order valence-corrected chi connectivity index (χ4v) is 2.06. The van der Waals surface area contributed by atoms with Crippen molar-refractivity contribution in [3.05, 3.63) is 51.6 Å². The Hall–Kier alpha value is -1.90. The molecule has 0 spiro atoms. The van der Waals surface area contributed by atoms with Crippen LogP contribution in [0.1, 0.15) is 25.0 Å². The van der Waals surface area contributed by atoms with Gasteiger partial charge in [-0.25, -0.2) is 0 Å². The summed E-state index contributed by atoms with van der Waals surface area (Å²) in [6, 6.07) is 9.76. The predicted octanol–water partition coefficient (Wildman–Crippen LogP) is 3.87. The van der Waals surface area contributed by atoms with Crippen LogP contribution in [0.2, 0.25) is 0 Å². The smallest absolute Gasteiger partial charge is 0.258 e. The molecule has 2 rings (SSSR count). The number of rotatable bonds is 3. The third kappa shape index (κ3) is 2.13. The highest BCUT2D eigenvalue weighted by Crippen LogP contribution is 2.27.